The molecule has 5 heteroatoms. The lowest BCUT2D eigenvalue weighted by atomic mass is 10.1. The first-order valence-electron chi connectivity index (χ1n) is 5.79. The van der Waals surface area contributed by atoms with Gasteiger partial charge in [0, 0.05) is 10.9 Å². The molecule has 0 aromatic heterocycles. The number of hydrogen-bond acceptors (Lipinski definition) is 3. The molecule has 0 aliphatic carbocycles. The van der Waals surface area contributed by atoms with Gasteiger partial charge in [0.2, 0.25) is 5.91 Å². The summed E-state index contributed by atoms with van der Waals surface area (Å²) in [6.45, 7) is 5.73. The van der Waals surface area contributed by atoms with E-state index in [1.54, 1.807) is 23.1 Å². The number of amides is 1. The Hall–Kier alpha value is -1.49. The zero-order valence-corrected chi connectivity index (χ0v) is 11.3. The number of thioether (sulfide) groups is 1. The summed E-state index contributed by atoms with van der Waals surface area (Å²) >= 11 is 1.48. The van der Waals surface area contributed by atoms with Crippen LogP contribution in [0.25, 0.3) is 0 Å². The third kappa shape index (κ3) is 2.10. The molecule has 2 rings (SSSR count). The third-order valence-electron chi connectivity index (χ3n) is 2.87. The number of anilines is 1. The van der Waals surface area contributed by atoms with E-state index in [2.05, 4.69) is 0 Å². The van der Waals surface area contributed by atoms with Gasteiger partial charge in [0.15, 0.2) is 0 Å². The molecule has 0 saturated heterocycles. The Balaban J connectivity index is 2.55. The molecule has 0 fully saturated rings. The Morgan fingerprint density at radius 2 is 2.11 bits per heavy atom. The summed E-state index contributed by atoms with van der Waals surface area (Å²) in [5.41, 5.74) is 0.917. The van der Waals surface area contributed by atoms with Gasteiger partial charge < -0.3 is 10.0 Å². The highest BCUT2D eigenvalue weighted by atomic mass is 32.2. The minimum atomic E-state index is -0.974. The van der Waals surface area contributed by atoms with Gasteiger partial charge in [-0.1, -0.05) is 0 Å². The second-order valence-electron chi connectivity index (χ2n) is 4.55. The molecule has 1 aromatic carbocycles. The number of carbonyl (C=O) groups excluding carboxylic acids is 1. The van der Waals surface area contributed by atoms with Crippen molar-refractivity contribution in [2.24, 2.45) is 0 Å². The van der Waals surface area contributed by atoms with Crippen LogP contribution in [0.2, 0.25) is 0 Å². The number of carboxylic acid groups (broad SMARTS) is 1. The van der Waals surface area contributed by atoms with Crippen molar-refractivity contribution in [2.45, 2.75) is 37.0 Å². The van der Waals surface area contributed by atoms with Gasteiger partial charge in [-0.3, -0.25) is 4.79 Å². The van der Waals surface area contributed by atoms with E-state index in [1.165, 1.54) is 11.8 Å². The molecule has 1 aliphatic heterocycles. The minimum absolute atomic E-state index is 0.0173. The fraction of sp³-hybridized carbons (Fsp3) is 0.385. The summed E-state index contributed by atoms with van der Waals surface area (Å²) in [5, 5.41) is 8.89. The van der Waals surface area contributed by atoms with E-state index in [4.69, 9.17) is 5.11 Å². The fourth-order valence-electron chi connectivity index (χ4n) is 2.03. The molecule has 1 N–H and O–H groups in total. The first kappa shape index (κ1) is 13.0. The van der Waals surface area contributed by atoms with Crippen molar-refractivity contribution in [2.75, 3.05) is 4.90 Å². The first-order valence-corrected chi connectivity index (χ1v) is 6.67. The molecule has 96 valence electrons. The zero-order chi connectivity index (χ0) is 13.4. The lowest BCUT2D eigenvalue weighted by molar-refractivity contribution is -0.118. The quantitative estimate of drug-likeness (QED) is 0.893. The number of rotatable bonds is 2. The number of carboxylic acids is 1. The number of carbonyl (C=O) groups is 2. The summed E-state index contributed by atoms with van der Waals surface area (Å²) in [4.78, 5) is 25.8. The number of benzene rings is 1. The molecule has 4 nitrogen and oxygen atoms in total. The maximum atomic E-state index is 12.2. The van der Waals surface area contributed by atoms with Gasteiger partial charge in [-0.2, -0.15) is 0 Å². The smallest absolute Gasteiger partial charge is 0.335 e. The highest BCUT2D eigenvalue weighted by molar-refractivity contribution is 8.01. The maximum Gasteiger partial charge on any atom is 0.335 e. The van der Waals surface area contributed by atoms with E-state index in [0.717, 1.165) is 4.90 Å². The standard InChI is InChI=1S/C13H15NO3S/c1-7(2)14-10-6-9(13(16)17)4-5-11(10)18-8(3)12(14)15/h4-8H,1-3H3,(H,16,17). The SMILES string of the molecule is CC1Sc2ccc(C(=O)O)cc2N(C(C)C)C1=O. The van der Waals surface area contributed by atoms with E-state index in [1.807, 2.05) is 20.8 Å². The average Bonchev–Trinajstić information content (AvgIpc) is 2.29. The van der Waals surface area contributed by atoms with Crippen molar-refractivity contribution in [1.82, 2.24) is 0 Å². The molecule has 0 saturated carbocycles. The van der Waals surface area contributed by atoms with E-state index < -0.39 is 5.97 Å². The average molecular weight is 265 g/mol. The molecular weight excluding hydrogens is 250 g/mol. The molecule has 0 bridgehead atoms. The molecule has 1 atom stereocenters. The van der Waals surface area contributed by atoms with Crippen molar-refractivity contribution in [3.05, 3.63) is 23.8 Å². The first-order chi connectivity index (χ1) is 8.41. The third-order valence-corrected chi connectivity index (χ3v) is 4.03. The van der Waals surface area contributed by atoms with Gasteiger partial charge in [0.1, 0.15) is 0 Å². The van der Waals surface area contributed by atoms with Crippen LogP contribution in [0.15, 0.2) is 23.1 Å². The highest BCUT2D eigenvalue weighted by Gasteiger charge is 2.32. The number of nitrogens with zero attached hydrogens (tertiary/aromatic N) is 1. The second kappa shape index (κ2) is 4.65. The summed E-state index contributed by atoms with van der Waals surface area (Å²) in [5.74, 6) is -0.942. The van der Waals surface area contributed by atoms with Crippen LogP contribution >= 0.6 is 11.8 Å². The van der Waals surface area contributed by atoms with Crippen LogP contribution in [0, 0.1) is 0 Å². The topological polar surface area (TPSA) is 57.6 Å². The summed E-state index contributed by atoms with van der Waals surface area (Å²) in [6, 6.07) is 4.95. The minimum Gasteiger partial charge on any atom is -0.478 e. The molecule has 1 aromatic rings. The van der Waals surface area contributed by atoms with Crippen LogP contribution in [-0.4, -0.2) is 28.3 Å². The van der Waals surface area contributed by atoms with Gasteiger partial charge in [-0.25, -0.2) is 4.79 Å². The van der Waals surface area contributed by atoms with E-state index in [0.29, 0.717) is 5.69 Å². The molecule has 18 heavy (non-hydrogen) atoms. The Bertz CT molecular complexity index is 513. The largest absolute Gasteiger partial charge is 0.478 e. The lowest BCUT2D eigenvalue weighted by Gasteiger charge is -2.35. The van der Waals surface area contributed by atoms with E-state index in [9.17, 15) is 9.59 Å². The number of aromatic carboxylic acids is 1. The van der Waals surface area contributed by atoms with Crippen LogP contribution < -0.4 is 4.90 Å². The molecular formula is C13H15NO3S. The van der Waals surface area contributed by atoms with Crippen LogP contribution in [0.5, 0.6) is 0 Å². The molecule has 1 unspecified atom stereocenters. The Labute approximate surface area is 110 Å². The van der Waals surface area contributed by atoms with Crippen molar-refractivity contribution >= 4 is 29.3 Å². The molecule has 0 spiro atoms. The van der Waals surface area contributed by atoms with Crippen LogP contribution in [0.4, 0.5) is 5.69 Å². The predicted molar refractivity (Wildman–Crippen MR) is 71.3 cm³/mol. The van der Waals surface area contributed by atoms with Crippen LogP contribution in [0.3, 0.4) is 0 Å². The zero-order valence-electron chi connectivity index (χ0n) is 10.5. The van der Waals surface area contributed by atoms with E-state index in [-0.39, 0.29) is 22.8 Å². The Morgan fingerprint density at radius 1 is 1.44 bits per heavy atom. The van der Waals surface area contributed by atoms with Crippen LogP contribution in [0.1, 0.15) is 31.1 Å². The number of fused-ring (bicyclic) bond motifs is 1. The summed E-state index contributed by atoms with van der Waals surface area (Å²) < 4.78 is 0. The lowest BCUT2D eigenvalue weighted by Crippen LogP contribution is -2.44. The summed E-state index contributed by atoms with van der Waals surface area (Å²) in [6.07, 6.45) is 0. The number of hydrogen-bond donors (Lipinski definition) is 1. The van der Waals surface area contributed by atoms with Gasteiger partial charge in [0.25, 0.3) is 0 Å². The van der Waals surface area contributed by atoms with Gasteiger partial charge in [0.05, 0.1) is 16.5 Å². The highest BCUT2D eigenvalue weighted by Crippen LogP contribution is 2.40. The Kier molecular flexibility index (Phi) is 3.34. The van der Waals surface area contributed by atoms with Crippen molar-refractivity contribution in [3.63, 3.8) is 0 Å². The molecule has 1 aliphatic rings. The maximum absolute atomic E-state index is 12.2. The molecule has 0 radical (unpaired) electrons. The van der Waals surface area contributed by atoms with Crippen molar-refractivity contribution < 1.29 is 14.7 Å². The van der Waals surface area contributed by atoms with Gasteiger partial charge in [-0.15, -0.1) is 11.8 Å². The molecule has 1 heterocycles. The Morgan fingerprint density at radius 3 is 2.67 bits per heavy atom. The predicted octanol–water partition coefficient (Wildman–Crippen LogP) is 2.62. The normalized spacial score (nSPS) is 19.0. The molecule has 1 amide bonds. The summed E-state index contributed by atoms with van der Waals surface area (Å²) in [7, 11) is 0. The van der Waals surface area contributed by atoms with Crippen molar-refractivity contribution in [3.8, 4) is 0 Å². The fourth-order valence-corrected chi connectivity index (χ4v) is 3.05. The van der Waals surface area contributed by atoms with Crippen molar-refractivity contribution in [1.29, 1.82) is 0 Å². The van der Waals surface area contributed by atoms with E-state index >= 15 is 0 Å². The monoisotopic (exact) mass is 265 g/mol. The second-order valence-corrected chi connectivity index (χ2v) is 5.93. The van der Waals surface area contributed by atoms with Gasteiger partial charge >= 0.3 is 5.97 Å². The van der Waals surface area contributed by atoms with Gasteiger partial charge in [-0.05, 0) is 39.0 Å². The van der Waals surface area contributed by atoms with Crippen LogP contribution in [-0.2, 0) is 4.79 Å².